The molecule has 0 aromatic rings. The topological polar surface area (TPSA) is 111 Å². The molecule has 0 aliphatic heterocycles. The van der Waals surface area contributed by atoms with E-state index in [4.69, 9.17) is 13.8 Å². The van der Waals surface area contributed by atoms with Crippen LogP contribution in [0.25, 0.3) is 0 Å². The molecule has 0 fully saturated rings. The van der Waals surface area contributed by atoms with Gasteiger partial charge in [0.05, 0.1) is 33.8 Å². The van der Waals surface area contributed by atoms with Gasteiger partial charge in [0.15, 0.2) is 0 Å². The average Bonchev–Trinajstić information content (AvgIpc) is 3.31. The fraction of sp³-hybridized carbons (Fsp3) is 0.763. The molecule has 0 bridgehead atoms. The van der Waals surface area contributed by atoms with E-state index in [1.807, 2.05) is 33.3 Å². The number of nitrogens with zero attached hydrogens (tertiary/aromatic N) is 1. The zero-order chi connectivity index (χ0) is 50.8. The van der Waals surface area contributed by atoms with E-state index in [2.05, 4.69) is 86.8 Å². The molecule has 0 aromatic heterocycles. The van der Waals surface area contributed by atoms with E-state index in [9.17, 15) is 19.0 Å². The van der Waals surface area contributed by atoms with Crippen LogP contribution in [0.4, 0.5) is 0 Å². The van der Waals surface area contributed by atoms with Gasteiger partial charge in [-0.15, -0.1) is 0 Å². The number of phosphoric acid groups is 1. The first kappa shape index (κ1) is 66.5. The number of carbonyl (C=O) groups is 2. The molecule has 9 nitrogen and oxygen atoms in total. The summed E-state index contributed by atoms with van der Waals surface area (Å²) in [5, 5.41) is 3.02. The molecule has 0 aliphatic carbocycles. The second kappa shape index (κ2) is 49.0. The molecule has 3 unspecified atom stereocenters. The molecule has 400 valence electrons. The van der Waals surface area contributed by atoms with Gasteiger partial charge < -0.3 is 19.4 Å². The molecule has 0 radical (unpaired) electrons. The highest BCUT2D eigenvalue weighted by molar-refractivity contribution is 7.47. The Morgan fingerprint density at radius 3 is 1.41 bits per heavy atom. The Kier molecular flexibility index (Phi) is 47.2. The molecule has 0 aromatic carbocycles. The molecule has 69 heavy (non-hydrogen) atoms. The number of nitrogens with one attached hydrogen (secondary N) is 1. The van der Waals surface area contributed by atoms with E-state index < -0.39 is 20.0 Å². The number of esters is 1. The molecular formula is C59H108N2O7P+. The Labute approximate surface area is 425 Å². The van der Waals surface area contributed by atoms with Crippen LogP contribution in [0, 0.1) is 0 Å². The van der Waals surface area contributed by atoms with Crippen molar-refractivity contribution in [3.63, 3.8) is 0 Å². The quantitative estimate of drug-likeness (QED) is 0.0205. The maximum Gasteiger partial charge on any atom is 0.472 e. The Morgan fingerprint density at radius 2 is 0.928 bits per heavy atom. The summed E-state index contributed by atoms with van der Waals surface area (Å²) < 4.78 is 30.6. The van der Waals surface area contributed by atoms with E-state index in [1.165, 1.54) is 103 Å². The smallest absolute Gasteiger partial charge is 0.456 e. The van der Waals surface area contributed by atoms with Crippen molar-refractivity contribution < 1.29 is 37.3 Å². The minimum absolute atomic E-state index is 0.0292. The van der Waals surface area contributed by atoms with Gasteiger partial charge in [-0.3, -0.25) is 18.6 Å². The number of hydrogen-bond donors (Lipinski definition) is 2. The molecule has 3 atom stereocenters. The molecule has 0 spiro atoms. The summed E-state index contributed by atoms with van der Waals surface area (Å²) in [7, 11) is 1.46. The number of carbonyl (C=O) groups excluding carboxylic acids is 2. The Balaban J connectivity index is 5.47. The SMILES string of the molecule is CC/C=C/C/C=C/C/C=C/C/C=C/CCCCCC(=O)NC(COP(=O)(O)OCC[N+](C)(C)C)C(/C=C/CCCCCCCCCCCCC)OC(=O)CCCCC/C=C\CCCCCCCCC. The summed E-state index contributed by atoms with van der Waals surface area (Å²) >= 11 is 0. The predicted molar refractivity (Wildman–Crippen MR) is 295 cm³/mol. The van der Waals surface area contributed by atoms with Gasteiger partial charge in [0.25, 0.3) is 0 Å². The first-order valence-corrected chi connectivity index (χ1v) is 29.8. The number of rotatable bonds is 50. The maximum absolute atomic E-state index is 13.5. The number of likely N-dealkylation sites (N-methyl/N-ethyl adjacent to an activating group) is 1. The van der Waals surface area contributed by atoms with E-state index >= 15 is 0 Å². The van der Waals surface area contributed by atoms with Gasteiger partial charge in [-0.05, 0) is 96.0 Å². The van der Waals surface area contributed by atoms with Crippen molar-refractivity contribution in [3.8, 4) is 0 Å². The molecular weight excluding hydrogens is 880 g/mol. The van der Waals surface area contributed by atoms with Gasteiger partial charge in [-0.2, -0.15) is 0 Å². The van der Waals surface area contributed by atoms with Crippen molar-refractivity contribution in [2.45, 2.75) is 251 Å². The Hall–Kier alpha value is -2.55. The zero-order valence-electron chi connectivity index (χ0n) is 45.5. The fourth-order valence-corrected chi connectivity index (χ4v) is 8.48. The van der Waals surface area contributed by atoms with E-state index in [0.29, 0.717) is 23.9 Å². The zero-order valence-corrected chi connectivity index (χ0v) is 46.4. The lowest BCUT2D eigenvalue weighted by molar-refractivity contribution is -0.870. The average molecular weight is 988 g/mol. The lowest BCUT2D eigenvalue weighted by Crippen LogP contribution is -2.47. The van der Waals surface area contributed by atoms with Crippen molar-refractivity contribution in [3.05, 3.63) is 72.9 Å². The molecule has 10 heteroatoms. The minimum Gasteiger partial charge on any atom is -0.456 e. The summed E-state index contributed by atoms with van der Waals surface area (Å²) in [4.78, 5) is 37.5. The summed E-state index contributed by atoms with van der Waals surface area (Å²) in [5.74, 6) is -0.562. The third-order valence-corrected chi connectivity index (χ3v) is 13.1. The van der Waals surface area contributed by atoms with Crippen molar-refractivity contribution in [1.29, 1.82) is 0 Å². The highest BCUT2D eigenvalue weighted by Gasteiger charge is 2.30. The van der Waals surface area contributed by atoms with Gasteiger partial charge in [-0.1, -0.05) is 203 Å². The van der Waals surface area contributed by atoms with Crippen molar-refractivity contribution in [1.82, 2.24) is 5.32 Å². The van der Waals surface area contributed by atoms with Crippen LogP contribution in [-0.2, 0) is 27.9 Å². The van der Waals surface area contributed by atoms with E-state index in [-0.39, 0.29) is 37.9 Å². The number of unbranched alkanes of at least 4 members (excludes halogenated alkanes) is 24. The number of phosphoric ester groups is 1. The lowest BCUT2D eigenvalue weighted by atomic mass is 10.0. The lowest BCUT2D eigenvalue weighted by Gasteiger charge is -2.27. The summed E-state index contributed by atoms with van der Waals surface area (Å²) in [6, 6.07) is -0.872. The molecule has 1 amide bonds. The van der Waals surface area contributed by atoms with Crippen LogP contribution in [0.2, 0.25) is 0 Å². The minimum atomic E-state index is -4.46. The fourth-order valence-electron chi connectivity index (χ4n) is 7.75. The molecule has 0 saturated carbocycles. The second-order valence-corrected chi connectivity index (χ2v) is 21.5. The number of hydrogen-bond acceptors (Lipinski definition) is 6. The van der Waals surface area contributed by atoms with Crippen LogP contribution >= 0.6 is 7.82 Å². The molecule has 0 aliphatic rings. The third kappa shape index (κ3) is 50.2. The first-order chi connectivity index (χ1) is 33.4. The third-order valence-electron chi connectivity index (χ3n) is 12.1. The largest absolute Gasteiger partial charge is 0.472 e. The van der Waals surface area contributed by atoms with Crippen LogP contribution in [-0.4, -0.2) is 74.3 Å². The predicted octanol–water partition coefficient (Wildman–Crippen LogP) is 16.9. The number of allylic oxidation sites excluding steroid dienone is 11. The highest BCUT2D eigenvalue weighted by atomic mass is 31.2. The van der Waals surface area contributed by atoms with Crippen LogP contribution in [0.3, 0.4) is 0 Å². The number of quaternary nitrogens is 1. The maximum atomic E-state index is 13.5. The Bertz CT molecular complexity index is 1420. The normalized spacial score (nSPS) is 14.4. The second-order valence-electron chi connectivity index (χ2n) is 20.1. The van der Waals surface area contributed by atoms with Gasteiger partial charge in [0.2, 0.25) is 5.91 Å². The van der Waals surface area contributed by atoms with Crippen molar-refractivity contribution in [2.24, 2.45) is 0 Å². The van der Waals surface area contributed by atoms with Crippen molar-refractivity contribution in [2.75, 3.05) is 40.9 Å². The van der Waals surface area contributed by atoms with Gasteiger partial charge in [0, 0.05) is 12.8 Å². The van der Waals surface area contributed by atoms with Crippen LogP contribution in [0.5, 0.6) is 0 Å². The van der Waals surface area contributed by atoms with Gasteiger partial charge in [-0.25, -0.2) is 4.57 Å². The summed E-state index contributed by atoms with van der Waals surface area (Å²) in [6.45, 7) is 6.85. The van der Waals surface area contributed by atoms with Gasteiger partial charge in [0.1, 0.15) is 19.3 Å². The number of amides is 1. The number of ether oxygens (including phenoxy) is 1. The van der Waals surface area contributed by atoms with Crippen LogP contribution in [0.15, 0.2) is 72.9 Å². The summed E-state index contributed by atoms with van der Waals surface area (Å²) in [6.07, 6.45) is 61.8. The first-order valence-electron chi connectivity index (χ1n) is 28.3. The summed E-state index contributed by atoms with van der Waals surface area (Å²) in [5.41, 5.74) is 0. The van der Waals surface area contributed by atoms with E-state index in [1.54, 1.807) is 0 Å². The molecule has 0 heterocycles. The molecule has 0 rings (SSSR count). The van der Waals surface area contributed by atoms with Gasteiger partial charge >= 0.3 is 13.8 Å². The standard InChI is InChI=1S/C59H107N2O7P/c1-7-10-13-16-19-22-25-28-30-31-33-36-39-42-45-48-51-58(62)60-56(55-67-69(64,65)66-54-53-61(4,5)6)57(50-47-44-41-38-35-32-27-24-21-18-15-12-9-3)68-59(63)52-49-46-43-40-37-34-29-26-23-20-17-14-11-8-2/h10,13,19,22,28,30,33-34,36-37,47,50,56-57H,7-9,11-12,14-18,20-21,23-27,29,31-32,35,38-46,48-49,51-55H2,1-6H3,(H-,60,62,64,65)/p+1/b13-10+,22-19+,30-28+,36-33+,37-34-,50-47+. The molecule has 2 N–H and O–H groups in total. The Morgan fingerprint density at radius 1 is 0.522 bits per heavy atom. The molecule has 0 saturated heterocycles. The van der Waals surface area contributed by atoms with Crippen LogP contribution < -0.4 is 5.32 Å². The van der Waals surface area contributed by atoms with E-state index in [0.717, 1.165) is 89.9 Å². The monoisotopic (exact) mass is 988 g/mol. The van der Waals surface area contributed by atoms with Crippen LogP contribution in [0.1, 0.15) is 239 Å². The van der Waals surface area contributed by atoms with Crippen molar-refractivity contribution >= 4 is 19.7 Å². The highest BCUT2D eigenvalue weighted by Crippen LogP contribution is 2.43.